The zero-order chi connectivity index (χ0) is 13.8. The third kappa shape index (κ3) is 4.45. The maximum absolute atomic E-state index is 11.9. The van der Waals surface area contributed by atoms with Gasteiger partial charge in [0.15, 0.2) is 5.78 Å². The van der Waals surface area contributed by atoms with Crippen LogP contribution in [-0.2, 0) is 9.59 Å². The van der Waals surface area contributed by atoms with Crippen molar-refractivity contribution in [1.29, 1.82) is 0 Å². The van der Waals surface area contributed by atoms with Crippen molar-refractivity contribution in [1.82, 2.24) is 5.32 Å². The monoisotopic (exact) mass is 271 g/mol. The number of carbonyl (C=O) groups is 2. The van der Waals surface area contributed by atoms with Crippen molar-refractivity contribution >= 4 is 23.3 Å². The third-order valence-corrected chi connectivity index (χ3v) is 3.67. The van der Waals surface area contributed by atoms with E-state index in [1.165, 1.54) is 6.92 Å². The molecule has 0 spiro atoms. The molecule has 102 valence electrons. The van der Waals surface area contributed by atoms with Crippen LogP contribution < -0.4 is 5.32 Å². The van der Waals surface area contributed by atoms with E-state index in [4.69, 9.17) is 11.6 Å². The summed E-state index contributed by atoms with van der Waals surface area (Å²) in [5.41, 5.74) is 0.516. The van der Waals surface area contributed by atoms with E-state index in [-0.39, 0.29) is 23.0 Å². The molecule has 0 aromatic carbocycles. The predicted molar refractivity (Wildman–Crippen MR) is 73.4 cm³/mol. The molecule has 0 heterocycles. The summed E-state index contributed by atoms with van der Waals surface area (Å²) in [7, 11) is 0. The molecule has 3 nitrogen and oxygen atoms in total. The van der Waals surface area contributed by atoms with Gasteiger partial charge in [0.05, 0.1) is 5.70 Å². The predicted octanol–water partition coefficient (Wildman–Crippen LogP) is 3.03. The maximum atomic E-state index is 11.9. The van der Waals surface area contributed by atoms with Crippen molar-refractivity contribution in [2.75, 3.05) is 5.88 Å². The Balaban J connectivity index is 2.48. The second-order valence-corrected chi connectivity index (χ2v) is 5.97. The highest BCUT2D eigenvalue weighted by atomic mass is 35.5. The number of alkyl halides is 1. The van der Waals surface area contributed by atoms with Crippen molar-refractivity contribution in [3.05, 3.63) is 11.8 Å². The first-order valence-corrected chi connectivity index (χ1v) is 7.00. The van der Waals surface area contributed by atoms with Crippen LogP contribution in [0, 0.1) is 11.3 Å². The van der Waals surface area contributed by atoms with Crippen LogP contribution in [0.4, 0.5) is 0 Å². The van der Waals surface area contributed by atoms with E-state index in [2.05, 4.69) is 19.2 Å². The number of carbonyl (C=O) groups excluding carboxylic acids is 2. The van der Waals surface area contributed by atoms with Gasteiger partial charge in [-0.25, -0.2) is 0 Å². The molecule has 0 radical (unpaired) electrons. The van der Waals surface area contributed by atoms with E-state index in [0.717, 1.165) is 25.7 Å². The van der Waals surface area contributed by atoms with Gasteiger partial charge in [0, 0.05) is 18.7 Å². The third-order valence-electron chi connectivity index (χ3n) is 3.40. The summed E-state index contributed by atoms with van der Waals surface area (Å²) in [5, 5.41) is 2.75. The van der Waals surface area contributed by atoms with Gasteiger partial charge in [-0.3, -0.25) is 9.59 Å². The molecule has 1 saturated carbocycles. The Hall–Kier alpha value is -0.830. The smallest absolute Gasteiger partial charge is 0.228 e. The van der Waals surface area contributed by atoms with Gasteiger partial charge in [0.1, 0.15) is 0 Å². The van der Waals surface area contributed by atoms with Gasteiger partial charge >= 0.3 is 0 Å². The summed E-state index contributed by atoms with van der Waals surface area (Å²) in [6.07, 6.45) is 5.34. The van der Waals surface area contributed by atoms with Gasteiger partial charge < -0.3 is 5.32 Å². The van der Waals surface area contributed by atoms with E-state index >= 15 is 0 Å². The van der Waals surface area contributed by atoms with E-state index in [0.29, 0.717) is 11.6 Å². The SMILES string of the molecule is CC(=O)/C(=C/CCCCCl)NC(=O)[C@H]1CC1(C)C. The topological polar surface area (TPSA) is 46.2 Å². The maximum Gasteiger partial charge on any atom is 0.228 e. The number of halogens is 1. The average Bonchev–Trinajstić information content (AvgIpc) is 2.92. The fourth-order valence-electron chi connectivity index (χ4n) is 1.90. The number of rotatable bonds is 7. The molecular formula is C14H22ClNO2. The lowest BCUT2D eigenvalue weighted by Crippen LogP contribution is -2.29. The van der Waals surface area contributed by atoms with Crippen molar-refractivity contribution in [3.63, 3.8) is 0 Å². The standard InChI is InChI=1S/C14H22ClNO2/c1-10(17)12(7-5-4-6-8-15)16-13(18)11-9-14(11,2)3/h7,11H,4-6,8-9H2,1-3H3,(H,16,18)/b12-7-/t11-/m1/s1. The minimum absolute atomic E-state index is 0.0289. The molecule has 18 heavy (non-hydrogen) atoms. The molecule has 4 heteroatoms. The van der Waals surface area contributed by atoms with Gasteiger partial charge in [-0.2, -0.15) is 0 Å². The summed E-state index contributed by atoms with van der Waals surface area (Å²) in [6.45, 7) is 5.61. The Labute approximate surface area is 114 Å². The summed E-state index contributed by atoms with van der Waals surface area (Å²) in [4.78, 5) is 23.3. The number of unbranched alkanes of at least 4 members (excludes halogenated alkanes) is 2. The summed E-state index contributed by atoms with van der Waals surface area (Å²) in [5.74, 6) is 0.556. The second kappa shape index (κ2) is 6.37. The highest BCUT2D eigenvalue weighted by molar-refractivity contribution is 6.17. The normalized spacial score (nSPS) is 21.6. The zero-order valence-corrected chi connectivity index (χ0v) is 12.1. The first-order valence-electron chi connectivity index (χ1n) is 6.46. The molecule has 0 unspecified atom stereocenters. The molecule has 1 amide bonds. The van der Waals surface area contributed by atoms with Crippen LogP contribution in [0.5, 0.6) is 0 Å². The van der Waals surface area contributed by atoms with Crippen LogP contribution in [0.25, 0.3) is 0 Å². The van der Waals surface area contributed by atoms with Crippen molar-refractivity contribution in [2.24, 2.45) is 11.3 Å². The van der Waals surface area contributed by atoms with Gasteiger partial charge in [0.2, 0.25) is 5.91 Å². The van der Waals surface area contributed by atoms with Crippen LogP contribution in [-0.4, -0.2) is 17.6 Å². The molecule has 1 aliphatic carbocycles. The minimum atomic E-state index is -0.0901. The number of amides is 1. The van der Waals surface area contributed by atoms with E-state index in [9.17, 15) is 9.59 Å². The number of hydrogen-bond donors (Lipinski definition) is 1. The molecule has 1 atom stereocenters. The molecule has 1 N–H and O–H groups in total. The van der Waals surface area contributed by atoms with Crippen molar-refractivity contribution in [3.8, 4) is 0 Å². The van der Waals surface area contributed by atoms with Gasteiger partial charge in [-0.15, -0.1) is 11.6 Å². The lowest BCUT2D eigenvalue weighted by molar-refractivity contribution is -0.124. The molecule has 0 aromatic heterocycles. The molecule has 1 rings (SSSR count). The Morgan fingerprint density at radius 3 is 2.44 bits per heavy atom. The highest BCUT2D eigenvalue weighted by Gasteiger charge is 2.50. The van der Waals surface area contributed by atoms with E-state index in [1.54, 1.807) is 0 Å². The van der Waals surface area contributed by atoms with Crippen LogP contribution in [0.2, 0.25) is 0 Å². The molecule has 0 aromatic rings. The number of allylic oxidation sites excluding steroid dienone is 2. The van der Waals surface area contributed by atoms with Crippen LogP contribution in [0.15, 0.2) is 11.8 Å². The first kappa shape index (κ1) is 15.2. The van der Waals surface area contributed by atoms with E-state index in [1.807, 2.05) is 6.08 Å². The number of nitrogens with one attached hydrogen (secondary N) is 1. The molecule has 0 bridgehead atoms. The summed E-state index contributed by atoms with van der Waals surface area (Å²) < 4.78 is 0. The molecular weight excluding hydrogens is 250 g/mol. The fourth-order valence-corrected chi connectivity index (χ4v) is 2.09. The van der Waals surface area contributed by atoms with Crippen LogP contribution in [0.3, 0.4) is 0 Å². The van der Waals surface area contributed by atoms with Crippen molar-refractivity contribution in [2.45, 2.75) is 46.5 Å². The van der Waals surface area contributed by atoms with Gasteiger partial charge in [-0.05, 0) is 31.1 Å². The second-order valence-electron chi connectivity index (χ2n) is 5.59. The minimum Gasteiger partial charge on any atom is -0.323 e. The number of Topliss-reactive ketones (excluding diaryl/α,β-unsaturated/α-hetero) is 1. The number of ketones is 1. The van der Waals surface area contributed by atoms with E-state index < -0.39 is 0 Å². The lowest BCUT2D eigenvalue weighted by Gasteiger charge is -2.08. The number of hydrogen-bond acceptors (Lipinski definition) is 2. The largest absolute Gasteiger partial charge is 0.323 e. The quantitative estimate of drug-likeness (QED) is 0.439. The highest BCUT2D eigenvalue weighted by Crippen LogP contribution is 2.51. The fraction of sp³-hybridized carbons (Fsp3) is 0.714. The van der Waals surface area contributed by atoms with Gasteiger partial charge in [0.25, 0.3) is 0 Å². The van der Waals surface area contributed by atoms with Gasteiger partial charge in [-0.1, -0.05) is 19.9 Å². The van der Waals surface area contributed by atoms with Crippen LogP contribution >= 0.6 is 11.6 Å². The Morgan fingerprint density at radius 2 is 2.00 bits per heavy atom. The first-order chi connectivity index (χ1) is 8.38. The molecule has 1 aliphatic rings. The summed E-state index contributed by atoms with van der Waals surface area (Å²) >= 11 is 5.59. The Bertz CT molecular complexity index is 361. The lowest BCUT2D eigenvalue weighted by atomic mass is 10.1. The Kier molecular flexibility index (Phi) is 5.39. The van der Waals surface area contributed by atoms with Crippen molar-refractivity contribution < 1.29 is 9.59 Å². The molecule has 0 aliphatic heterocycles. The Morgan fingerprint density at radius 1 is 1.39 bits per heavy atom. The molecule has 1 fully saturated rings. The summed E-state index contributed by atoms with van der Waals surface area (Å²) in [6, 6.07) is 0. The average molecular weight is 272 g/mol. The zero-order valence-electron chi connectivity index (χ0n) is 11.4. The molecule has 0 saturated heterocycles. The van der Waals surface area contributed by atoms with Crippen LogP contribution in [0.1, 0.15) is 46.5 Å².